The first kappa shape index (κ1) is 18.5. The van der Waals surface area contributed by atoms with Gasteiger partial charge in [-0.15, -0.1) is 0 Å². The first-order valence-electron chi connectivity index (χ1n) is 9.01. The highest BCUT2D eigenvalue weighted by Gasteiger charge is 2.56. The lowest BCUT2D eigenvalue weighted by Gasteiger charge is -2.33. The largest absolute Gasteiger partial charge is 0.320 e. The summed E-state index contributed by atoms with van der Waals surface area (Å²) in [6, 6.07) is 6.10. The summed E-state index contributed by atoms with van der Waals surface area (Å²) < 4.78 is -0.280. The van der Waals surface area contributed by atoms with Crippen molar-refractivity contribution >= 4 is 29.0 Å². The lowest BCUT2D eigenvalue weighted by molar-refractivity contribution is -0.136. The number of nitrogens with zero attached hydrogens (tertiary/aromatic N) is 2. The maximum absolute atomic E-state index is 13.2. The van der Waals surface area contributed by atoms with Crippen molar-refractivity contribution in [2.75, 3.05) is 26.7 Å². The molecule has 1 fully saturated rings. The summed E-state index contributed by atoms with van der Waals surface area (Å²) in [7, 11) is 1.68. The van der Waals surface area contributed by atoms with Crippen molar-refractivity contribution in [3.05, 3.63) is 29.8 Å². The van der Waals surface area contributed by atoms with E-state index in [1.54, 1.807) is 31.3 Å². The zero-order valence-corrected chi connectivity index (χ0v) is 15.0. The fraction of sp³-hybridized carbons (Fsp3) is 0.474. The van der Waals surface area contributed by atoms with Gasteiger partial charge in [-0.05, 0) is 32.0 Å². The van der Waals surface area contributed by atoms with Gasteiger partial charge in [0.25, 0.3) is 5.91 Å². The van der Waals surface area contributed by atoms with Gasteiger partial charge in [-0.25, -0.2) is 19.9 Å². The number of likely N-dealkylation sites (N-methyl/N-ethyl adjacent to an activating group) is 1. The third kappa shape index (κ3) is 2.99. The molecule has 0 saturated carbocycles. The molecule has 0 aromatic heterocycles. The number of fused-ring (bicyclic) bond motifs is 1. The number of quaternary nitrogens is 1. The van der Waals surface area contributed by atoms with Gasteiger partial charge in [0.15, 0.2) is 0 Å². The first-order chi connectivity index (χ1) is 12.5. The molecular weight excluding hydrogens is 332 g/mol. The fourth-order valence-corrected chi connectivity index (χ4v) is 4.15. The molecule has 0 aliphatic carbocycles. The van der Waals surface area contributed by atoms with E-state index in [-0.39, 0.29) is 16.0 Å². The number of hydrogen-bond donors (Lipinski definition) is 2. The van der Waals surface area contributed by atoms with E-state index in [1.165, 1.54) is 6.42 Å². The molecule has 7 heteroatoms. The van der Waals surface area contributed by atoms with Crippen molar-refractivity contribution in [3.8, 4) is 0 Å². The minimum Gasteiger partial charge on any atom is -0.303 e. The van der Waals surface area contributed by atoms with Crippen LogP contribution in [0.25, 0.3) is 5.57 Å². The molecule has 0 spiro atoms. The highest BCUT2D eigenvalue weighted by Crippen LogP contribution is 2.44. The van der Waals surface area contributed by atoms with E-state index < -0.39 is 11.9 Å². The Morgan fingerprint density at radius 2 is 1.96 bits per heavy atom. The van der Waals surface area contributed by atoms with Crippen molar-refractivity contribution in [2.45, 2.75) is 31.7 Å². The standard InChI is InChI=1S/C19H24N4O3/c1-23(17(25)9-12-22-10-5-2-6-11-22)16-8-4-3-7-14(16)15(13-24)18(23)19(26)21-20/h3-4,7-8,18H,2,5-6,9-12,20H2,1H3/p+1. The van der Waals surface area contributed by atoms with Crippen molar-refractivity contribution in [3.63, 3.8) is 0 Å². The number of piperidine rings is 1. The number of hydrazine groups is 1. The number of rotatable bonds is 4. The van der Waals surface area contributed by atoms with Gasteiger partial charge >= 0.3 is 5.91 Å². The molecule has 2 atom stereocenters. The van der Waals surface area contributed by atoms with Crippen LogP contribution < -0.4 is 15.8 Å². The first-order valence-corrected chi connectivity index (χ1v) is 9.01. The van der Waals surface area contributed by atoms with Crippen LogP contribution >= 0.6 is 0 Å². The minimum atomic E-state index is -1.01. The Kier molecular flexibility index (Phi) is 5.34. The molecule has 26 heavy (non-hydrogen) atoms. The second-order valence-electron chi connectivity index (χ2n) is 7.07. The van der Waals surface area contributed by atoms with Crippen LogP contribution in [0.1, 0.15) is 31.2 Å². The molecule has 1 aromatic rings. The van der Waals surface area contributed by atoms with E-state index in [1.807, 2.05) is 5.94 Å². The highest BCUT2D eigenvalue weighted by molar-refractivity contribution is 6.15. The molecule has 0 bridgehead atoms. The monoisotopic (exact) mass is 357 g/mol. The average Bonchev–Trinajstić information content (AvgIpc) is 2.96. The summed E-state index contributed by atoms with van der Waals surface area (Å²) in [6.07, 6.45) is 3.85. The van der Waals surface area contributed by atoms with Gasteiger partial charge in [0.2, 0.25) is 6.04 Å². The summed E-state index contributed by atoms with van der Waals surface area (Å²) in [4.78, 5) is 39.6. The topological polar surface area (TPSA) is 92.5 Å². The Labute approximate surface area is 153 Å². The van der Waals surface area contributed by atoms with Crippen LogP contribution in [0.3, 0.4) is 0 Å². The molecule has 2 aliphatic heterocycles. The Bertz CT molecular complexity index is 766. The maximum Gasteiger partial charge on any atom is 0.320 e. The van der Waals surface area contributed by atoms with Gasteiger partial charge in [0.1, 0.15) is 17.2 Å². The molecule has 2 amide bonds. The summed E-state index contributed by atoms with van der Waals surface area (Å²) in [5.41, 5.74) is 3.51. The number of carbonyl (C=O) groups excluding carboxylic acids is 3. The van der Waals surface area contributed by atoms with E-state index in [9.17, 15) is 14.4 Å². The molecule has 3 rings (SSSR count). The van der Waals surface area contributed by atoms with Gasteiger partial charge in [-0.2, -0.15) is 0 Å². The summed E-state index contributed by atoms with van der Waals surface area (Å²) in [5, 5.41) is 0. The number of benzene rings is 1. The van der Waals surface area contributed by atoms with Crippen molar-refractivity contribution in [1.29, 1.82) is 0 Å². The van der Waals surface area contributed by atoms with Crippen LogP contribution in [-0.4, -0.2) is 55.4 Å². The van der Waals surface area contributed by atoms with Gasteiger partial charge < -0.3 is 4.90 Å². The number of amides is 2. The Balaban J connectivity index is 1.93. The SMILES string of the molecule is C[N+]1(C(=O)CCN2CCCCC2)c2ccccc2C(=C=O)C1C(=O)NN. The van der Waals surface area contributed by atoms with Crippen LogP contribution in [0, 0.1) is 0 Å². The minimum absolute atomic E-state index is 0.109. The summed E-state index contributed by atoms with van der Waals surface area (Å²) >= 11 is 0. The van der Waals surface area contributed by atoms with Gasteiger partial charge in [-0.1, -0.05) is 18.6 Å². The van der Waals surface area contributed by atoms with Crippen LogP contribution in [-0.2, 0) is 14.4 Å². The van der Waals surface area contributed by atoms with E-state index in [0.29, 0.717) is 24.2 Å². The number of nitrogens with one attached hydrogen (secondary N) is 1. The normalized spacial score (nSPS) is 25.5. The molecular formula is C19H25N4O3+. The predicted molar refractivity (Wildman–Crippen MR) is 99.3 cm³/mol. The number of nitrogens with two attached hydrogens (primary N) is 1. The van der Waals surface area contributed by atoms with Crippen molar-refractivity contribution < 1.29 is 14.4 Å². The number of para-hydroxylation sites is 1. The molecule has 2 aliphatic rings. The highest BCUT2D eigenvalue weighted by atomic mass is 16.2. The second kappa shape index (κ2) is 7.51. The third-order valence-corrected chi connectivity index (χ3v) is 5.59. The molecule has 1 saturated heterocycles. The molecule has 3 N–H and O–H groups in total. The zero-order valence-electron chi connectivity index (χ0n) is 15.0. The van der Waals surface area contributed by atoms with Gasteiger partial charge in [0.05, 0.1) is 19.0 Å². The van der Waals surface area contributed by atoms with Crippen LogP contribution in [0.15, 0.2) is 24.3 Å². The van der Waals surface area contributed by atoms with Gasteiger partial charge in [0, 0.05) is 12.6 Å². The van der Waals surface area contributed by atoms with Crippen molar-refractivity contribution in [2.24, 2.45) is 5.84 Å². The van der Waals surface area contributed by atoms with Crippen LogP contribution in [0.2, 0.25) is 0 Å². The van der Waals surface area contributed by atoms with Crippen LogP contribution in [0.5, 0.6) is 0 Å². The van der Waals surface area contributed by atoms with E-state index in [0.717, 1.165) is 25.9 Å². The quantitative estimate of drug-likeness (QED) is 0.271. The third-order valence-electron chi connectivity index (χ3n) is 5.59. The van der Waals surface area contributed by atoms with E-state index in [4.69, 9.17) is 5.84 Å². The molecule has 0 radical (unpaired) electrons. The Morgan fingerprint density at radius 1 is 1.27 bits per heavy atom. The second-order valence-corrected chi connectivity index (χ2v) is 7.07. The molecule has 2 unspecified atom stereocenters. The molecule has 1 aromatic carbocycles. The van der Waals surface area contributed by atoms with Crippen LogP contribution in [0.4, 0.5) is 5.69 Å². The summed E-state index contributed by atoms with van der Waals surface area (Å²) in [6.45, 7) is 2.66. The lowest BCUT2D eigenvalue weighted by atomic mass is 10.0. The zero-order chi connectivity index (χ0) is 18.7. The number of carbonyl (C=O) groups is 2. The molecule has 138 valence electrons. The van der Waals surface area contributed by atoms with E-state index in [2.05, 4.69) is 10.3 Å². The van der Waals surface area contributed by atoms with Gasteiger partial charge in [-0.3, -0.25) is 10.2 Å². The molecule has 7 nitrogen and oxygen atoms in total. The number of likely N-dealkylation sites (tertiary alicyclic amines) is 1. The number of hydrogen-bond acceptors (Lipinski definition) is 5. The predicted octanol–water partition coefficient (Wildman–Crippen LogP) is 0.613. The van der Waals surface area contributed by atoms with Crippen molar-refractivity contribution in [1.82, 2.24) is 14.8 Å². The average molecular weight is 357 g/mol. The maximum atomic E-state index is 13.2. The Morgan fingerprint density at radius 3 is 2.62 bits per heavy atom. The van der Waals surface area contributed by atoms with E-state index >= 15 is 0 Å². The fourth-order valence-electron chi connectivity index (χ4n) is 4.15. The smallest absolute Gasteiger partial charge is 0.303 e. The summed E-state index contributed by atoms with van der Waals surface area (Å²) in [5.74, 6) is 6.55. The molecule has 2 heterocycles. The Hall–Kier alpha value is -2.31. The lowest BCUT2D eigenvalue weighted by Crippen LogP contribution is -2.62.